The lowest BCUT2D eigenvalue weighted by atomic mass is 10.0. The van der Waals surface area contributed by atoms with Gasteiger partial charge in [-0.1, -0.05) is 43.3 Å². The van der Waals surface area contributed by atoms with E-state index in [1.54, 1.807) is 11.4 Å². The Bertz CT molecular complexity index is 714. The lowest BCUT2D eigenvalue weighted by Gasteiger charge is -2.04. The lowest BCUT2D eigenvalue weighted by molar-refractivity contribution is 0.427. The van der Waals surface area contributed by atoms with Gasteiger partial charge in [0.05, 0.1) is 0 Å². The standard InChI is InChI=1S/C15H14N2O2S/c1-9(2)10-3-5-11(6-4-10)14-16-15(19-17-14)13-12(18)7-8-20-13/h3-9,18H,1-2H3. The number of benzene rings is 1. The summed E-state index contributed by atoms with van der Waals surface area (Å²) < 4.78 is 5.21. The first-order chi connectivity index (χ1) is 9.65. The second kappa shape index (κ2) is 5.09. The first-order valence-electron chi connectivity index (χ1n) is 6.36. The van der Waals surface area contributed by atoms with Crippen LogP contribution in [0.4, 0.5) is 0 Å². The topological polar surface area (TPSA) is 59.2 Å². The Kier molecular flexibility index (Phi) is 3.28. The van der Waals surface area contributed by atoms with Crippen molar-refractivity contribution in [2.45, 2.75) is 19.8 Å². The first kappa shape index (κ1) is 12.9. The van der Waals surface area contributed by atoms with Crippen LogP contribution in [0.25, 0.3) is 22.2 Å². The Morgan fingerprint density at radius 3 is 2.50 bits per heavy atom. The van der Waals surface area contributed by atoms with E-state index in [-0.39, 0.29) is 5.75 Å². The van der Waals surface area contributed by atoms with Gasteiger partial charge >= 0.3 is 0 Å². The predicted octanol–water partition coefficient (Wildman–Crippen LogP) is 4.29. The van der Waals surface area contributed by atoms with Gasteiger partial charge in [-0.2, -0.15) is 4.98 Å². The molecule has 0 spiro atoms. The van der Waals surface area contributed by atoms with Gasteiger partial charge in [-0.3, -0.25) is 0 Å². The molecule has 0 fully saturated rings. The Labute approximate surface area is 120 Å². The van der Waals surface area contributed by atoms with Crippen molar-refractivity contribution in [2.75, 3.05) is 0 Å². The summed E-state index contributed by atoms with van der Waals surface area (Å²) in [5.41, 5.74) is 2.17. The van der Waals surface area contributed by atoms with Gasteiger partial charge in [-0.25, -0.2) is 0 Å². The zero-order valence-corrected chi connectivity index (χ0v) is 12.0. The molecule has 0 radical (unpaired) electrons. The summed E-state index contributed by atoms with van der Waals surface area (Å²) in [7, 11) is 0. The number of thiophene rings is 1. The third kappa shape index (κ3) is 2.32. The summed E-state index contributed by atoms with van der Waals surface area (Å²) in [5, 5.41) is 15.4. The van der Waals surface area contributed by atoms with Crippen LogP contribution in [0, 0.1) is 0 Å². The van der Waals surface area contributed by atoms with Crippen LogP contribution in [0.5, 0.6) is 5.75 Å². The first-order valence-corrected chi connectivity index (χ1v) is 7.24. The molecule has 3 aromatic rings. The Morgan fingerprint density at radius 2 is 1.90 bits per heavy atom. The van der Waals surface area contributed by atoms with E-state index in [4.69, 9.17) is 4.52 Å². The minimum absolute atomic E-state index is 0.167. The average Bonchev–Trinajstić information content (AvgIpc) is 3.07. The van der Waals surface area contributed by atoms with E-state index in [0.717, 1.165) is 5.56 Å². The summed E-state index contributed by atoms with van der Waals surface area (Å²) in [6, 6.07) is 9.72. The fourth-order valence-corrected chi connectivity index (χ4v) is 2.62. The maximum Gasteiger partial charge on any atom is 0.272 e. The molecule has 1 N–H and O–H groups in total. The number of hydrogen-bond donors (Lipinski definition) is 1. The van der Waals surface area contributed by atoms with Crippen molar-refractivity contribution in [1.82, 2.24) is 10.1 Å². The molecule has 0 amide bonds. The smallest absolute Gasteiger partial charge is 0.272 e. The predicted molar refractivity (Wildman–Crippen MR) is 78.8 cm³/mol. The molecule has 0 aliphatic carbocycles. The van der Waals surface area contributed by atoms with Crippen molar-refractivity contribution >= 4 is 11.3 Å². The van der Waals surface area contributed by atoms with Gasteiger partial charge in [0.1, 0.15) is 10.6 Å². The Hall–Kier alpha value is -2.14. The van der Waals surface area contributed by atoms with Gasteiger partial charge in [0.15, 0.2) is 0 Å². The van der Waals surface area contributed by atoms with Gasteiger partial charge in [0.25, 0.3) is 5.89 Å². The third-order valence-electron chi connectivity index (χ3n) is 3.10. The fourth-order valence-electron chi connectivity index (χ4n) is 1.91. The number of aromatic nitrogens is 2. The van der Waals surface area contributed by atoms with Crippen LogP contribution in [-0.2, 0) is 0 Å². The van der Waals surface area contributed by atoms with Crippen LogP contribution in [0.2, 0.25) is 0 Å². The summed E-state index contributed by atoms with van der Waals surface area (Å²) in [6.07, 6.45) is 0. The van der Waals surface area contributed by atoms with E-state index in [1.165, 1.54) is 16.9 Å². The van der Waals surface area contributed by atoms with Crippen molar-refractivity contribution in [2.24, 2.45) is 0 Å². The molecule has 2 heterocycles. The van der Waals surface area contributed by atoms with Crippen LogP contribution in [0.15, 0.2) is 40.2 Å². The zero-order valence-electron chi connectivity index (χ0n) is 11.2. The number of aromatic hydroxyl groups is 1. The number of rotatable bonds is 3. The Morgan fingerprint density at radius 1 is 1.15 bits per heavy atom. The van der Waals surface area contributed by atoms with Crippen molar-refractivity contribution in [3.63, 3.8) is 0 Å². The summed E-state index contributed by atoms with van der Waals surface area (Å²) in [6.45, 7) is 4.31. The van der Waals surface area contributed by atoms with E-state index < -0.39 is 0 Å². The molecule has 20 heavy (non-hydrogen) atoms. The summed E-state index contributed by atoms with van der Waals surface area (Å²) in [5.74, 6) is 1.54. The molecule has 0 aliphatic rings. The molecule has 2 aromatic heterocycles. The molecule has 4 nitrogen and oxygen atoms in total. The maximum atomic E-state index is 9.66. The van der Waals surface area contributed by atoms with Gasteiger partial charge in [-0.05, 0) is 22.9 Å². The molecule has 5 heteroatoms. The summed E-state index contributed by atoms with van der Waals surface area (Å²) >= 11 is 1.37. The van der Waals surface area contributed by atoms with E-state index in [9.17, 15) is 5.11 Å². The van der Waals surface area contributed by atoms with Crippen molar-refractivity contribution in [3.8, 4) is 27.9 Å². The molecule has 0 saturated carbocycles. The van der Waals surface area contributed by atoms with Crippen molar-refractivity contribution < 1.29 is 9.63 Å². The highest BCUT2D eigenvalue weighted by Crippen LogP contribution is 2.34. The van der Waals surface area contributed by atoms with Gasteiger partial charge in [0.2, 0.25) is 5.82 Å². The van der Waals surface area contributed by atoms with Crippen LogP contribution >= 0.6 is 11.3 Å². The zero-order chi connectivity index (χ0) is 14.1. The molecule has 0 atom stereocenters. The van der Waals surface area contributed by atoms with Gasteiger partial charge in [0, 0.05) is 5.56 Å². The highest BCUT2D eigenvalue weighted by Gasteiger charge is 2.15. The van der Waals surface area contributed by atoms with E-state index >= 15 is 0 Å². The van der Waals surface area contributed by atoms with E-state index in [2.05, 4.69) is 36.1 Å². The number of hydrogen-bond acceptors (Lipinski definition) is 5. The minimum atomic E-state index is 0.167. The largest absolute Gasteiger partial charge is 0.506 e. The SMILES string of the molecule is CC(C)c1ccc(-c2noc(-c3sccc3O)n2)cc1. The molecule has 3 rings (SSSR count). The molecular weight excluding hydrogens is 272 g/mol. The lowest BCUT2D eigenvalue weighted by Crippen LogP contribution is -1.87. The molecule has 0 unspecified atom stereocenters. The van der Waals surface area contributed by atoms with Crippen molar-refractivity contribution in [3.05, 3.63) is 41.3 Å². The quantitative estimate of drug-likeness (QED) is 0.780. The van der Waals surface area contributed by atoms with E-state index in [1.807, 2.05) is 12.1 Å². The minimum Gasteiger partial charge on any atom is -0.506 e. The highest BCUT2D eigenvalue weighted by atomic mass is 32.1. The fraction of sp³-hybridized carbons (Fsp3) is 0.200. The Balaban J connectivity index is 1.92. The van der Waals surface area contributed by atoms with Gasteiger partial charge < -0.3 is 9.63 Å². The van der Waals surface area contributed by atoms with Crippen molar-refractivity contribution in [1.29, 1.82) is 0 Å². The molecule has 0 bridgehead atoms. The second-order valence-electron chi connectivity index (χ2n) is 4.83. The number of nitrogens with zero attached hydrogens (tertiary/aromatic N) is 2. The average molecular weight is 286 g/mol. The van der Waals surface area contributed by atoms with Crippen LogP contribution in [-0.4, -0.2) is 15.2 Å². The van der Waals surface area contributed by atoms with Crippen LogP contribution in [0.1, 0.15) is 25.3 Å². The van der Waals surface area contributed by atoms with Crippen LogP contribution < -0.4 is 0 Å². The molecule has 1 aromatic carbocycles. The maximum absolute atomic E-state index is 9.66. The normalized spacial score (nSPS) is 11.2. The van der Waals surface area contributed by atoms with Crippen LogP contribution in [0.3, 0.4) is 0 Å². The van der Waals surface area contributed by atoms with Gasteiger partial charge in [-0.15, -0.1) is 11.3 Å². The highest BCUT2D eigenvalue weighted by molar-refractivity contribution is 7.13. The molecule has 102 valence electrons. The van der Waals surface area contributed by atoms with E-state index in [0.29, 0.717) is 22.5 Å². The third-order valence-corrected chi connectivity index (χ3v) is 3.99. The second-order valence-corrected chi connectivity index (χ2v) is 5.75. The molecular formula is C15H14N2O2S. The monoisotopic (exact) mass is 286 g/mol. The molecule has 0 saturated heterocycles. The summed E-state index contributed by atoms with van der Waals surface area (Å²) in [4.78, 5) is 4.93. The molecule has 0 aliphatic heterocycles.